The van der Waals surface area contributed by atoms with Crippen LogP contribution in [-0.2, 0) is 11.3 Å². The topological polar surface area (TPSA) is 137 Å². The number of hydrogen-bond donors (Lipinski definition) is 2. The minimum absolute atomic E-state index is 0.0474. The van der Waals surface area contributed by atoms with Gasteiger partial charge in [-0.2, -0.15) is 5.10 Å². The number of nitrogens with zero attached hydrogens (tertiary/aromatic N) is 4. The van der Waals surface area contributed by atoms with E-state index < -0.39 is 29.8 Å². The Bertz CT molecular complexity index is 1700. The number of ether oxygens (including phenoxy) is 3. The van der Waals surface area contributed by atoms with Crippen LogP contribution < -0.4 is 24.8 Å². The van der Waals surface area contributed by atoms with Gasteiger partial charge in [-0.05, 0) is 48.0 Å². The summed E-state index contributed by atoms with van der Waals surface area (Å²) < 4.78 is 33.4. The summed E-state index contributed by atoms with van der Waals surface area (Å²) in [5.41, 5.74) is 1.73. The van der Waals surface area contributed by atoms with Crippen LogP contribution in [0.5, 0.6) is 17.2 Å². The second-order valence-electron chi connectivity index (χ2n) is 10.4. The molecule has 0 spiro atoms. The largest absolute Gasteiger partial charge is 0.493 e. The predicted molar refractivity (Wildman–Crippen MR) is 154 cm³/mol. The van der Waals surface area contributed by atoms with Gasteiger partial charge >= 0.3 is 0 Å². The molecule has 0 saturated carbocycles. The van der Waals surface area contributed by atoms with Gasteiger partial charge in [0.25, 0.3) is 17.7 Å². The molecule has 1 aromatic heterocycles. The van der Waals surface area contributed by atoms with E-state index in [-0.39, 0.29) is 42.7 Å². The first-order valence-electron chi connectivity index (χ1n) is 14.0. The van der Waals surface area contributed by atoms with E-state index in [2.05, 4.69) is 20.7 Å². The second-order valence-corrected chi connectivity index (χ2v) is 10.4. The van der Waals surface area contributed by atoms with Crippen LogP contribution in [-0.4, -0.2) is 76.3 Å². The molecule has 2 aliphatic heterocycles. The first-order chi connectivity index (χ1) is 21.4. The van der Waals surface area contributed by atoms with Gasteiger partial charge in [0.05, 0.1) is 24.4 Å². The number of methoxy groups -OCH3 is 1. The van der Waals surface area contributed by atoms with Crippen LogP contribution in [0.4, 0.5) is 4.39 Å². The third-order valence-electron chi connectivity index (χ3n) is 7.45. The Morgan fingerprint density at radius 2 is 1.98 bits per heavy atom. The number of hydrogen-bond acceptors (Lipinski definition) is 8. The van der Waals surface area contributed by atoms with E-state index in [1.165, 1.54) is 42.6 Å². The van der Waals surface area contributed by atoms with Crippen LogP contribution in [0.25, 0.3) is 5.69 Å². The number of para-hydroxylation sites is 1. The molecular formula is C31H29FN6O6. The molecule has 0 unspecified atom stereocenters. The maximum Gasteiger partial charge on any atom is 0.258 e. The fourth-order valence-corrected chi connectivity index (χ4v) is 5.29. The number of benzene rings is 3. The van der Waals surface area contributed by atoms with Crippen LogP contribution in [0, 0.1) is 5.82 Å². The molecule has 4 bridgehead atoms. The normalized spacial score (nSPS) is 18.6. The molecule has 4 aromatic rings. The molecule has 3 amide bonds. The summed E-state index contributed by atoms with van der Waals surface area (Å²) in [7, 11) is 1.45. The van der Waals surface area contributed by atoms with Gasteiger partial charge in [0.1, 0.15) is 30.3 Å². The number of halogens is 1. The van der Waals surface area contributed by atoms with E-state index in [0.29, 0.717) is 35.5 Å². The molecule has 1 saturated heterocycles. The molecule has 13 heteroatoms. The van der Waals surface area contributed by atoms with Gasteiger partial charge in [0, 0.05) is 37.7 Å². The number of likely N-dealkylation sites (tertiary alicyclic amines) is 1. The van der Waals surface area contributed by atoms with Gasteiger partial charge in [0.2, 0.25) is 0 Å². The Labute approximate surface area is 251 Å². The van der Waals surface area contributed by atoms with E-state index in [1.807, 2.05) is 0 Å². The molecule has 44 heavy (non-hydrogen) atoms. The lowest BCUT2D eigenvalue weighted by Gasteiger charge is -2.39. The fraction of sp³-hybridized carbons (Fsp3) is 0.258. The number of amides is 3. The van der Waals surface area contributed by atoms with E-state index in [0.717, 1.165) is 0 Å². The highest BCUT2D eigenvalue weighted by Gasteiger charge is 2.35. The van der Waals surface area contributed by atoms with Crippen LogP contribution >= 0.6 is 0 Å². The maximum atomic E-state index is 14.6. The van der Waals surface area contributed by atoms with Crippen molar-refractivity contribution in [1.82, 2.24) is 30.3 Å². The zero-order valence-electron chi connectivity index (χ0n) is 23.7. The molecule has 12 nitrogen and oxygen atoms in total. The molecule has 6 rings (SSSR count). The number of carbonyl (C=O) groups is 3. The monoisotopic (exact) mass is 600 g/mol. The maximum absolute atomic E-state index is 14.6. The molecule has 3 heterocycles. The summed E-state index contributed by atoms with van der Waals surface area (Å²) in [5, 5.41) is 9.87. The SMILES string of the molecule is COc1ccc2cc1OCC(=O)NCc1cc(F)cc(c1)O[C@@H]1CCN(C(=O)c3ccccc3-n3cncn3)C[C@@H]1NC2=O. The Balaban J connectivity index is 1.32. The van der Waals surface area contributed by atoms with Crippen molar-refractivity contribution in [2.45, 2.75) is 25.1 Å². The van der Waals surface area contributed by atoms with Gasteiger partial charge in [-0.3, -0.25) is 14.4 Å². The van der Waals surface area contributed by atoms with Gasteiger partial charge < -0.3 is 29.7 Å². The highest BCUT2D eigenvalue weighted by Crippen LogP contribution is 2.29. The van der Waals surface area contributed by atoms with E-state index in [1.54, 1.807) is 47.4 Å². The predicted octanol–water partition coefficient (Wildman–Crippen LogP) is 2.52. The number of piperidine rings is 1. The van der Waals surface area contributed by atoms with Gasteiger partial charge in [-0.1, -0.05) is 12.1 Å². The Hall–Kier alpha value is -5.46. The van der Waals surface area contributed by atoms with Crippen molar-refractivity contribution in [2.75, 3.05) is 26.8 Å². The lowest BCUT2D eigenvalue weighted by molar-refractivity contribution is -0.123. The van der Waals surface area contributed by atoms with Crippen molar-refractivity contribution in [3.63, 3.8) is 0 Å². The second kappa shape index (κ2) is 12.4. The minimum atomic E-state index is -0.662. The number of carbonyl (C=O) groups excluding carboxylic acids is 3. The Kier molecular flexibility index (Phi) is 8.08. The number of rotatable bonds is 3. The number of nitrogens with one attached hydrogen (secondary N) is 2. The van der Waals surface area contributed by atoms with E-state index in [9.17, 15) is 18.8 Å². The van der Waals surface area contributed by atoms with E-state index in [4.69, 9.17) is 14.2 Å². The van der Waals surface area contributed by atoms with Gasteiger partial charge in [-0.25, -0.2) is 14.1 Å². The highest BCUT2D eigenvalue weighted by molar-refractivity contribution is 5.98. The van der Waals surface area contributed by atoms with Crippen molar-refractivity contribution < 1.29 is 33.0 Å². The summed E-state index contributed by atoms with van der Waals surface area (Å²) in [4.78, 5) is 45.5. The van der Waals surface area contributed by atoms with Gasteiger partial charge in [0.15, 0.2) is 18.1 Å². The molecule has 1 fully saturated rings. The summed E-state index contributed by atoms with van der Waals surface area (Å²) in [5.74, 6) is -0.903. The van der Waals surface area contributed by atoms with Crippen molar-refractivity contribution in [3.8, 4) is 22.9 Å². The van der Waals surface area contributed by atoms with Crippen molar-refractivity contribution in [2.24, 2.45) is 0 Å². The van der Waals surface area contributed by atoms with Crippen LogP contribution in [0.1, 0.15) is 32.7 Å². The zero-order chi connectivity index (χ0) is 30.6. The average molecular weight is 601 g/mol. The molecule has 2 N–H and O–H groups in total. The van der Waals surface area contributed by atoms with Gasteiger partial charge in [-0.15, -0.1) is 0 Å². The third kappa shape index (κ3) is 6.16. The van der Waals surface area contributed by atoms with Crippen LogP contribution in [0.3, 0.4) is 0 Å². The average Bonchev–Trinajstić information content (AvgIpc) is 3.57. The summed E-state index contributed by atoms with van der Waals surface area (Å²) in [6.45, 7) is 0.142. The smallest absolute Gasteiger partial charge is 0.258 e. The number of fused-ring (bicyclic) bond motifs is 5. The minimum Gasteiger partial charge on any atom is -0.493 e. The highest BCUT2D eigenvalue weighted by atomic mass is 19.1. The first-order valence-corrected chi connectivity index (χ1v) is 14.0. The summed E-state index contributed by atoms with van der Waals surface area (Å²) >= 11 is 0. The molecular weight excluding hydrogens is 571 g/mol. The molecule has 2 aliphatic rings. The van der Waals surface area contributed by atoms with Crippen LogP contribution in [0.15, 0.2) is 73.3 Å². The standard InChI is InChI=1S/C31H29FN6O6/c1-42-27-7-6-20-12-28(27)43-16-29(39)34-14-19-10-21(32)13-22(11-19)44-26-8-9-37(15-24(26)36-30(20)40)31(41)23-4-2-3-5-25(23)38-18-33-17-35-38/h2-7,10-13,17-18,24,26H,8-9,14-16H2,1H3,(H,34,39)(H,36,40)/t24-,26+/m0/s1. The molecule has 2 atom stereocenters. The van der Waals surface area contributed by atoms with Crippen molar-refractivity contribution in [1.29, 1.82) is 0 Å². The van der Waals surface area contributed by atoms with Crippen LogP contribution in [0.2, 0.25) is 0 Å². The summed E-state index contributed by atoms with van der Waals surface area (Å²) in [6, 6.07) is 15.2. The van der Waals surface area contributed by atoms with E-state index >= 15 is 0 Å². The Morgan fingerprint density at radius 3 is 2.80 bits per heavy atom. The fourth-order valence-electron chi connectivity index (χ4n) is 5.29. The number of aromatic nitrogens is 3. The molecule has 0 radical (unpaired) electrons. The zero-order valence-corrected chi connectivity index (χ0v) is 23.7. The molecule has 226 valence electrons. The van der Waals surface area contributed by atoms with Crippen molar-refractivity contribution in [3.05, 3.63) is 95.8 Å². The lowest BCUT2D eigenvalue weighted by atomic mass is 9.99. The lowest BCUT2D eigenvalue weighted by Crippen LogP contribution is -2.58. The summed E-state index contributed by atoms with van der Waals surface area (Å²) in [6.07, 6.45) is 2.65. The third-order valence-corrected chi connectivity index (χ3v) is 7.45. The quantitative estimate of drug-likeness (QED) is 0.366. The first kappa shape index (κ1) is 28.6. The molecule has 3 aromatic carbocycles. The Morgan fingerprint density at radius 1 is 1.11 bits per heavy atom. The molecule has 0 aliphatic carbocycles. The van der Waals surface area contributed by atoms with Crippen molar-refractivity contribution >= 4 is 17.7 Å².